The summed E-state index contributed by atoms with van der Waals surface area (Å²) in [7, 11) is -2.86. The molecule has 1 amide bonds. The van der Waals surface area contributed by atoms with Crippen molar-refractivity contribution in [2.24, 2.45) is 5.14 Å². The quantitative estimate of drug-likeness (QED) is 0.910. The van der Waals surface area contributed by atoms with Crippen molar-refractivity contribution in [2.75, 3.05) is 13.6 Å². The van der Waals surface area contributed by atoms with Gasteiger partial charge >= 0.3 is 0 Å². The van der Waals surface area contributed by atoms with Crippen LogP contribution in [0, 0.1) is 0 Å². The van der Waals surface area contributed by atoms with Crippen LogP contribution < -0.4 is 5.14 Å². The highest BCUT2D eigenvalue weighted by molar-refractivity contribution is 7.89. The lowest BCUT2D eigenvalue weighted by molar-refractivity contribution is 0.0620. The Bertz CT molecular complexity index is 592. The molecule has 1 aromatic rings. The summed E-state index contributed by atoms with van der Waals surface area (Å²) >= 11 is 5.67. The molecule has 0 aliphatic carbocycles. The molecule has 0 spiro atoms. The van der Waals surface area contributed by atoms with Crippen LogP contribution in [0.4, 0.5) is 8.78 Å². The highest BCUT2D eigenvalue weighted by Gasteiger charge is 2.19. The van der Waals surface area contributed by atoms with Gasteiger partial charge in [0, 0.05) is 17.6 Å². The number of rotatable bonds is 4. The van der Waals surface area contributed by atoms with Gasteiger partial charge in [0.25, 0.3) is 12.3 Å². The smallest absolute Gasteiger partial charge is 0.255 e. The van der Waals surface area contributed by atoms with E-state index in [0.29, 0.717) is 0 Å². The molecule has 1 rings (SSSR count). The lowest BCUT2D eigenvalue weighted by Crippen LogP contribution is -2.31. The molecular weight excluding hydrogens is 302 g/mol. The van der Waals surface area contributed by atoms with Crippen molar-refractivity contribution < 1.29 is 22.0 Å². The first kappa shape index (κ1) is 15.8. The first-order valence-electron chi connectivity index (χ1n) is 4.98. The van der Waals surface area contributed by atoms with Crippen LogP contribution in [-0.2, 0) is 10.0 Å². The molecule has 0 radical (unpaired) electrons. The van der Waals surface area contributed by atoms with Crippen LogP contribution in [-0.4, -0.2) is 39.2 Å². The van der Waals surface area contributed by atoms with E-state index >= 15 is 0 Å². The van der Waals surface area contributed by atoms with Crippen LogP contribution in [0.3, 0.4) is 0 Å². The lowest BCUT2D eigenvalue weighted by Gasteiger charge is -2.17. The molecule has 0 saturated heterocycles. The molecule has 106 valence electrons. The first-order valence-corrected chi connectivity index (χ1v) is 6.90. The predicted octanol–water partition coefficient (Wildman–Crippen LogP) is 1.32. The Balaban J connectivity index is 3.14. The molecule has 19 heavy (non-hydrogen) atoms. The van der Waals surface area contributed by atoms with Crippen molar-refractivity contribution in [1.29, 1.82) is 0 Å². The second kappa shape index (κ2) is 5.81. The van der Waals surface area contributed by atoms with E-state index < -0.39 is 28.9 Å². The maximum absolute atomic E-state index is 12.2. The number of hydrogen-bond donors (Lipinski definition) is 1. The summed E-state index contributed by atoms with van der Waals surface area (Å²) in [5.41, 5.74) is -0.125. The summed E-state index contributed by atoms with van der Waals surface area (Å²) < 4.78 is 46.7. The van der Waals surface area contributed by atoms with Gasteiger partial charge in [0.1, 0.15) is 0 Å². The molecule has 0 heterocycles. The average Bonchev–Trinajstić information content (AvgIpc) is 2.25. The Morgan fingerprint density at radius 1 is 1.42 bits per heavy atom. The molecule has 2 N–H and O–H groups in total. The van der Waals surface area contributed by atoms with Gasteiger partial charge in [-0.1, -0.05) is 11.6 Å². The monoisotopic (exact) mass is 312 g/mol. The normalized spacial score (nSPS) is 11.7. The van der Waals surface area contributed by atoms with Crippen LogP contribution in [0.2, 0.25) is 5.02 Å². The molecule has 0 fully saturated rings. The van der Waals surface area contributed by atoms with E-state index in [9.17, 15) is 22.0 Å². The summed E-state index contributed by atoms with van der Waals surface area (Å²) in [5, 5.41) is 4.89. The van der Waals surface area contributed by atoms with Crippen molar-refractivity contribution in [3.8, 4) is 0 Å². The largest absolute Gasteiger partial charge is 0.336 e. The third-order valence-electron chi connectivity index (χ3n) is 2.21. The zero-order chi connectivity index (χ0) is 14.8. The molecule has 0 aliphatic rings. The molecular formula is C10H11ClF2N2O3S. The zero-order valence-corrected chi connectivity index (χ0v) is 11.4. The Morgan fingerprint density at radius 3 is 2.47 bits per heavy atom. The van der Waals surface area contributed by atoms with Crippen molar-refractivity contribution >= 4 is 27.5 Å². The van der Waals surface area contributed by atoms with Crippen LogP contribution in [0.5, 0.6) is 0 Å². The van der Waals surface area contributed by atoms with E-state index in [4.69, 9.17) is 16.7 Å². The maximum atomic E-state index is 12.2. The molecule has 5 nitrogen and oxygen atoms in total. The fourth-order valence-electron chi connectivity index (χ4n) is 1.36. The fourth-order valence-corrected chi connectivity index (χ4v) is 2.24. The van der Waals surface area contributed by atoms with E-state index in [-0.39, 0.29) is 15.5 Å². The average molecular weight is 313 g/mol. The maximum Gasteiger partial charge on any atom is 0.255 e. The number of sulfonamides is 1. The summed E-state index contributed by atoms with van der Waals surface area (Å²) in [5.74, 6) is -0.771. The molecule has 0 aliphatic heterocycles. The van der Waals surface area contributed by atoms with Gasteiger partial charge in [0.05, 0.1) is 11.4 Å². The van der Waals surface area contributed by atoms with E-state index in [2.05, 4.69) is 0 Å². The summed E-state index contributed by atoms with van der Waals surface area (Å²) in [4.78, 5) is 12.2. The SMILES string of the molecule is CN(CC(F)F)C(=O)c1cc(Cl)cc(S(N)(=O)=O)c1. The minimum absolute atomic E-state index is 0.0275. The number of hydrogen-bond acceptors (Lipinski definition) is 3. The molecule has 0 aromatic heterocycles. The van der Waals surface area contributed by atoms with Crippen molar-refractivity contribution in [3.63, 3.8) is 0 Å². The molecule has 9 heteroatoms. The van der Waals surface area contributed by atoms with Crippen LogP contribution in [0.15, 0.2) is 23.1 Å². The Morgan fingerprint density at radius 2 is 2.00 bits per heavy atom. The number of benzene rings is 1. The van der Waals surface area contributed by atoms with Crippen LogP contribution >= 0.6 is 11.6 Å². The number of amides is 1. The number of halogens is 3. The zero-order valence-electron chi connectivity index (χ0n) is 9.81. The van der Waals surface area contributed by atoms with Crippen molar-refractivity contribution in [1.82, 2.24) is 4.90 Å². The first-order chi connectivity index (χ1) is 8.61. The summed E-state index contributed by atoms with van der Waals surface area (Å²) in [6.07, 6.45) is -2.69. The molecule has 0 bridgehead atoms. The lowest BCUT2D eigenvalue weighted by atomic mass is 10.2. The summed E-state index contributed by atoms with van der Waals surface area (Å²) in [6.45, 7) is -0.768. The van der Waals surface area contributed by atoms with Gasteiger partial charge in [-0.05, 0) is 18.2 Å². The Kier molecular flexibility index (Phi) is 4.83. The van der Waals surface area contributed by atoms with E-state index in [1.54, 1.807) is 0 Å². The second-order valence-corrected chi connectivity index (χ2v) is 5.80. The highest BCUT2D eigenvalue weighted by atomic mass is 35.5. The van der Waals surface area contributed by atoms with Gasteiger partial charge in [0.15, 0.2) is 0 Å². The third kappa shape index (κ3) is 4.41. The Hall–Kier alpha value is -1.25. The number of primary sulfonamides is 1. The van der Waals surface area contributed by atoms with E-state index in [1.165, 1.54) is 13.1 Å². The number of nitrogens with two attached hydrogens (primary N) is 1. The molecule has 0 saturated carbocycles. The fraction of sp³-hybridized carbons (Fsp3) is 0.300. The third-order valence-corrected chi connectivity index (χ3v) is 3.32. The molecule has 0 unspecified atom stereocenters. The number of alkyl halides is 2. The van der Waals surface area contributed by atoms with Crippen LogP contribution in [0.1, 0.15) is 10.4 Å². The number of carbonyl (C=O) groups excluding carboxylic acids is 1. The van der Waals surface area contributed by atoms with Gasteiger partial charge in [-0.2, -0.15) is 0 Å². The topological polar surface area (TPSA) is 80.5 Å². The number of carbonyl (C=O) groups is 1. The van der Waals surface area contributed by atoms with E-state index in [1.807, 2.05) is 0 Å². The van der Waals surface area contributed by atoms with Gasteiger partial charge in [-0.3, -0.25) is 4.79 Å². The highest BCUT2D eigenvalue weighted by Crippen LogP contribution is 2.19. The predicted molar refractivity (Wildman–Crippen MR) is 65.8 cm³/mol. The standard InChI is InChI=1S/C10H11ClF2N2O3S/c1-15(5-9(12)13)10(16)6-2-7(11)4-8(3-6)19(14,17)18/h2-4,9H,5H2,1H3,(H2,14,17,18). The van der Waals surface area contributed by atoms with Gasteiger partial charge < -0.3 is 4.90 Å². The molecule has 0 atom stereocenters. The second-order valence-electron chi connectivity index (χ2n) is 3.80. The molecule has 1 aromatic carbocycles. The number of nitrogens with zero attached hydrogens (tertiary/aromatic N) is 1. The van der Waals surface area contributed by atoms with Crippen LogP contribution in [0.25, 0.3) is 0 Å². The van der Waals surface area contributed by atoms with Crippen molar-refractivity contribution in [2.45, 2.75) is 11.3 Å². The summed E-state index contributed by atoms with van der Waals surface area (Å²) in [6, 6.07) is 3.24. The van der Waals surface area contributed by atoms with Gasteiger partial charge in [-0.25, -0.2) is 22.3 Å². The van der Waals surface area contributed by atoms with Gasteiger partial charge in [0.2, 0.25) is 10.0 Å². The Labute approximate surface area is 114 Å². The minimum atomic E-state index is -4.03. The van der Waals surface area contributed by atoms with E-state index in [0.717, 1.165) is 17.0 Å². The van der Waals surface area contributed by atoms with Crippen molar-refractivity contribution in [3.05, 3.63) is 28.8 Å². The minimum Gasteiger partial charge on any atom is -0.336 e. The van der Waals surface area contributed by atoms with Gasteiger partial charge in [-0.15, -0.1) is 0 Å².